The normalized spacial score (nSPS) is 10.6. The smallest absolute Gasteiger partial charge is 0.210 e. The highest BCUT2D eigenvalue weighted by Crippen LogP contribution is 2.21. The van der Waals surface area contributed by atoms with Crippen molar-refractivity contribution >= 4 is 11.3 Å². The topological polar surface area (TPSA) is 30.7 Å². The van der Waals surface area contributed by atoms with Crippen LogP contribution in [0.4, 0.5) is 4.39 Å². The first-order chi connectivity index (χ1) is 8.33. The monoisotopic (exact) mass is 245 g/mol. The van der Waals surface area contributed by atoms with Crippen LogP contribution in [-0.2, 0) is 0 Å². The third-order valence-corrected chi connectivity index (χ3v) is 3.12. The van der Waals surface area contributed by atoms with Gasteiger partial charge in [-0.3, -0.25) is 0 Å². The molecule has 0 fully saturated rings. The molecular weight excluding hydrogens is 237 g/mol. The minimum atomic E-state index is -0.246. The summed E-state index contributed by atoms with van der Waals surface area (Å²) >= 11 is 1.50. The second kappa shape index (κ2) is 4.10. The van der Waals surface area contributed by atoms with E-state index < -0.39 is 0 Å². The molecule has 84 valence electrons. The summed E-state index contributed by atoms with van der Waals surface area (Å²) in [6.45, 7) is 0. The quantitative estimate of drug-likeness (QED) is 0.694. The van der Waals surface area contributed by atoms with Gasteiger partial charge < -0.3 is 0 Å². The molecule has 0 unspecified atom stereocenters. The van der Waals surface area contributed by atoms with Crippen molar-refractivity contribution in [2.75, 3.05) is 0 Å². The van der Waals surface area contributed by atoms with E-state index in [2.05, 4.69) is 10.1 Å². The largest absolute Gasteiger partial charge is 0.227 e. The van der Waals surface area contributed by atoms with Crippen molar-refractivity contribution in [3.63, 3.8) is 0 Å². The zero-order valence-electron chi connectivity index (χ0n) is 8.75. The van der Waals surface area contributed by atoms with Gasteiger partial charge in [0.15, 0.2) is 0 Å². The van der Waals surface area contributed by atoms with Crippen LogP contribution in [-0.4, -0.2) is 14.8 Å². The van der Waals surface area contributed by atoms with Crippen molar-refractivity contribution in [1.82, 2.24) is 14.8 Å². The minimum Gasteiger partial charge on any atom is -0.227 e. The van der Waals surface area contributed by atoms with E-state index in [0.29, 0.717) is 0 Å². The van der Waals surface area contributed by atoms with Crippen molar-refractivity contribution in [2.24, 2.45) is 0 Å². The Morgan fingerprint density at radius 3 is 2.94 bits per heavy atom. The summed E-state index contributed by atoms with van der Waals surface area (Å²) in [6, 6.07) is 6.45. The van der Waals surface area contributed by atoms with Crippen LogP contribution < -0.4 is 0 Å². The molecule has 17 heavy (non-hydrogen) atoms. The summed E-state index contributed by atoms with van der Waals surface area (Å²) < 4.78 is 14.8. The molecule has 0 amide bonds. The fourth-order valence-corrected chi connectivity index (χ4v) is 2.15. The van der Waals surface area contributed by atoms with Gasteiger partial charge in [-0.1, -0.05) is 12.1 Å². The Morgan fingerprint density at radius 2 is 2.18 bits per heavy atom. The zero-order chi connectivity index (χ0) is 11.7. The maximum Gasteiger partial charge on any atom is 0.210 e. The van der Waals surface area contributed by atoms with Crippen LogP contribution in [0.2, 0.25) is 0 Å². The second-order valence-electron chi connectivity index (χ2n) is 3.50. The predicted molar refractivity (Wildman–Crippen MR) is 64.6 cm³/mol. The molecule has 0 atom stereocenters. The summed E-state index contributed by atoms with van der Waals surface area (Å²) in [5.41, 5.74) is 1.69. The number of aromatic nitrogens is 3. The van der Waals surface area contributed by atoms with E-state index in [1.54, 1.807) is 23.1 Å². The average Bonchev–Trinajstić information content (AvgIpc) is 3.00. The maximum absolute atomic E-state index is 13.1. The number of benzene rings is 1. The van der Waals surface area contributed by atoms with Crippen molar-refractivity contribution < 1.29 is 4.39 Å². The van der Waals surface area contributed by atoms with Crippen LogP contribution in [0.25, 0.3) is 16.3 Å². The Balaban J connectivity index is 2.01. The van der Waals surface area contributed by atoms with Crippen LogP contribution in [0, 0.1) is 5.82 Å². The molecule has 3 nitrogen and oxygen atoms in total. The van der Waals surface area contributed by atoms with Gasteiger partial charge in [-0.05, 0) is 17.7 Å². The predicted octanol–water partition coefficient (Wildman–Crippen LogP) is 3.13. The Labute approximate surface area is 101 Å². The van der Waals surface area contributed by atoms with E-state index in [1.165, 1.54) is 23.5 Å². The molecular formula is C12H8FN3S. The number of halogens is 1. The lowest BCUT2D eigenvalue weighted by Crippen LogP contribution is -1.91. The summed E-state index contributed by atoms with van der Waals surface area (Å²) in [7, 11) is 0. The lowest BCUT2D eigenvalue weighted by Gasteiger charge is -1.96. The molecule has 0 aliphatic carbocycles. The Kier molecular flexibility index (Phi) is 2.45. The molecule has 3 aromatic rings. The van der Waals surface area contributed by atoms with Gasteiger partial charge in [0.2, 0.25) is 5.13 Å². The first kappa shape index (κ1) is 10.2. The Hall–Kier alpha value is -2.01. The van der Waals surface area contributed by atoms with Crippen molar-refractivity contribution in [3.8, 4) is 16.3 Å². The molecule has 0 aliphatic rings. The fraction of sp³-hybridized carbons (Fsp3) is 0. The van der Waals surface area contributed by atoms with Gasteiger partial charge in [-0.2, -0.15) is 5.10 Å². The number of rotatable bonds is 2. The molecule has 0 aliphatic heterocycles. The highest BCUT2D eigenvalue weighted by atomic mass is 32.1. The molecule has 0 saturated carbocycles. The molecule has 5 heteroatoms. The number of nitrogens with zero attached hydrogens (tertiary/aromatic N) is 3. The molecule has 2 aromatic heterocycles. The van der Waals surface area contributed by atoms with Gasteiger partial charge in [0.1, 0.15) is 5.82 Å². The van der Waals surface area contributed by atoms with Gasteiger partial charge in [0, 0.05) is 23.3 Å². The number of thiazole rings is 1. The van der Waals surface area contributed by atoms with Gasteiger partial charge in [-0.15, -0.1) is 11.3 Å². The van der Waals surface area contributed by atoms with E-state index in [0.717, 1.165) is 16.3 Å². The number of hydrogen-bond acceptors (Lipinski definition) is 3. The molecule has 0 spiro atoms. The maximum atomic E-state index is 13.1. The second-order valence-corrected chi connectivity index (χ2v) is 4.37. The summed E-state index contributed by atoms with van der Waals surface area (Å²) in [6.07, 6.45) is 5.27. The SMILES string of the molecule is Fc1cccc(-c2cnn(-c3nccs3)c2)c1. The van der Waals surface area contributed by atoms with Crippen LogP contribution in [0.1, 0.15) is 0 Å². The Morgan fingerprint density at radius 1 is 1.24 bits per heavy atom. The highest BCUT2D eigenvalue weighted by molar-refractivity contribution is 7.12. The molecule has 0 radical (unpaired) electrons. The lowest BCUT2D eigenvalue weighted by atomic mass is 10.1. The first-order valence-corrected chi connectivity index (χ1v) is 5.91. The molecule has 0 saturated heterocycles. The van der Waals surface area contributed by atoms with E-state index >= 15 is 0 Å². The van der Waals surface area contributed by atoms with Crippen LogP contribution in [0.3, 0.4) is 0 Å². The Bertz CT molecular complexity index is 631. The third kappa shape index (κ3) is 1.97. The van der Waals surface area contributed by atoms with Crippen molar-refractivity contribution in [2.45, 2.75) is 0 Å². The van der Waals surface area contributed by atoms with E-state index in [-0.39, 0.29) is 5.82 Å². The van der Waals surface area contributed by atoms with Crippen LogP contribution >= 0.6 is 11.3 Å². The van der Waals surface area contributed by atoms with Crippen LogP contribution in [0.15, 0.2) is 48.2 Å². The molecule has 1 aromatic carbocycles. The zero-order valence-corrected chi connectivity index (χ0v) is 9.56. The van der Waals surface area contributed by atoms with Crippen molar-refractivity contribution in [3.05, 3.63) is 54.1 Å². The van der Waals surface area contributed by atoms with Gasteiger partial charge >= 0.3 is 0 Å². The summed E-state index contributed by atoms with van der Waals surface area (Å²) in [5, 5.41) is 6.89. The molecule has 3 rings (SSSR count). The summed E-state index contributed by atoms with van der Waals surface area (Å²) in [4.78, 5) is 4.16. The van der Waals surface area contributed by atoms with E-state index in [9.17, 15) is 4.39 Å². The minimum absolute atomic E-state index is 0.246. The lowest BCUT2D eigenvalue weighted by molar-refractivity contribution is 0.628. The van der Waals surface area contributed by atoms with E-state index in [1.807, 2.05) is 17.6 Å². The fourth-order valence-electron chi connectivity index (χ4n) is 1.57. The van der Waals surface area contributed by atoms with Gasteiger partial charge in [0.25, 0.3) is 0 Å². The van der Waals surface area contributed by atoms with E-state index in [4.69, 9.17) is 0 Å². The van der Waals surface area contributed by atoms with Gasteiger partial charge in [-0.25, -0.2) is 14.1 Å². The molecule has 0 N–H and O–H groups in total. The molecule has 2 heterocycles. The van der Waals surface area contributed by atoms with Gasteiger partial charge in [0.05, 0.1) is 6.20 Å². The number of hydrogen-bond donors (Lipinski definition) is 0. The molecule has 0 bridgehead atoms. The summed E-state index contributed by atoms with van der Waals surface area (Å²) in [5.74, 6) is -0.246. The van der Waals surface area contributed by atoms with Crippen LogP contribution in [0.5, 0.6) is 0 Å². The van der Waals surface area contributed by atoms with Crippen molar-refractivity contribution in [1.29, 1.82) is 0 Å². The third-order valence-electron chi connectivity index (χ3n) is 2.36. The average molecular weight is 245 g/mol. The standard InChI is InChI=1S/C12H8FN3S/c13-11-3-1-2-9(6-11)10-7-15-16(8-10)12-14-4-5-17-12/h1-8H. The highest BCUT2D eigenvalue weighted by Gasteiger charge is 2.05. The first-order valence-electron chi connectivity index (χ1n) is 5.03.